The second-order valence-electron chi connectivity index (χ2n) is 6.35. The Morgan fingerprint density at radius 1 is 1.21 bits per heavy atom. The van der Waals surface area contributed by atoms with E-state index in [1.807, 2.05) is 55.0 Å². The van der Waals surface area contributed by atoms with Gasteiger partial charge in [0.05, 0.1) is 5.69 Å². The summed E-state index contributed by atoms with van der Waals surface area (Å²) < 4.78 is 7.84. The molecule has 0 bridgehead atoms. The quantitative estimate of drug-likeness (QED) is 0.631. The molecule has 1 aromatic carbocycles. The van der Waals surface area contributed by atoms with Gasteiger partial charge >= 0.3 is 0 Å². The van der Waals surface area contributed by atoms with Gasteiger partial charge in [0.1, 0.15) is 18.0 Å². The first kappa shape index (κ1) is 23.8. The molecule has 0 fully saturated rings. The summed E-state index contributed by atoms with van der Waals surface area (Å²) in [6, 6.07) is 11.3. The lowest BCUT2D eigenvalue weighted by Gasteiger charge is -2.17. The third-order valence-corrected chi connectivity index (χ3v) is 4.16. The number of amides is 1. The second kappa shape index (κ2) is 10.9. The van der Waals surface area contributed by atoms with Crippen LogP contribution in [0.1, 0.15) is 21.6 Å². The van der Waals surface area contributed by atoms with Gasteiger partial charge in [0, 0.05) is 38.1 Å². The van der Waals surface area contributed by atoms with E-state index in [2.05, 4.69) is 10.3 Å². The van der Waals surface area contributed by atoms with Crippen LogP contribution in [0, 0.1) is 6.92 Å². The molecule has 3 rings (SSSR count). The largest absolute Gasteiger partial charge is 0.487 e. The Bertz CT molecular complexity index is 914. The number of fused-ring (bicyclic) bond motifs is 1. The molecule has 2 heterocycles. The van der Waals surface area contributed by atoms with Crippen LogP contribution in [0.5, 0.6) is 5.75 Å². The summed E-state index contributed by atoms with van der Waals surface area (Å²) in [6.07, 6.45) is 4.00. The van der Waals surface area contributed by atoms with Crippen LogP contribution in [-0.4, -0.2) is 47.4 Å². The number of aryl methyl sites for hydroxylation is 1. The van der Waals surface area contributed by atoms with Crippen LogP contribution < -0.4 is 10.1 Å². The van der Waals surface area contributed by atoms with Crippen LogP contribution in [-0.2, 0) is 6.61 Å². The molecule has 0 aliphatic carbocycles. The van der Waals surface area contributed by atoms with Crippen molar-refractivity contribution in [2.75, 3.05) is 27.2 Å². The second-order valence-corrected chi connectivity index (χ2v) is 6.35. The van der Waals surface area contributed by atoms with Gasteiger partial charge in [0.2, 0.25) is 0 Å². The zero-order valence-corrected chi connectivity index (χ0v) is 17.8. The Morgan fingerprint density at radius 2 is 2.00 bits per heavy atom. The minimum atomic E-state index is -0.0195. The molecule has 0 aliphatic heterocycles. The predicted molar refractivity (Wildman–Crippen MR) is 116 cm³/mol. The third kappa shape index (κ3) is 5.86. The zero-order valence-electron chi connectivity index (χ0n) is 16.2. The molecule has 0 saturated heterocycles. The van der Waals surface area contributed by atoms with E-state index in [-0.39, 0.29) is 30.7 Å². The molecule has 3 aromatic rings. The summed E-state index contributed by atoms with van der Waals surface area (Å²) in [5.41, 5.74) is 3.53. The number of carbonyl (C=O) groups excluding carboxylic acids is 1. The van der Waals surface area contributed by atoms with Gasteiger partial charge in [0.15, 0.2) is 0 Å². The highest BCUT2D eigenvalue weighted by Crippen LogP contribution is 2.17. The molecule has 0 saturated carbocycles. The minimum absolute atomic E-state index is 0. The molecular weight excluding hydrogens is 399 g/mol. The highest BCUT2D eigenvalue weighted by atomic mass is 35.5. The molecule has 0 atom stereocenters. The third-order valence-electron chi connectivity index (χ3n) is 4.16. The molecule has 152 valence electrons. The number of nitrogens with zero attached hydrogens (tertiary/aromatic N) is 3. The predicted octanol–water partition coefficient (Wildman–Crippen LogP) is 3.36. The van der Waals surface area contributed by atoms with E-state index in [1.54, 1.807) is 24.1 Å². The van der Waals surface area contributed by atoms with E-state index in [4.69, 9.17) is 4.74 Å². The van der Waals surface area contributed by atoms with Crippen molar-refractivity contribution < 1.29 is 9.53 Å². The Balaban J connectivity index is 0.00000196. The van der Waals surface area contributed by atoms with Crippen molar-refractivity contribution >= 4 is 36.4 Å². The molecule has 0 spiro atoms. The standard InChI is InChI=1S/C20H24N4O2.2ClH/c1-15-7-8-19-22-17(13-24(19)12-15)14-26-18-6-4-5-16(11-18)20(25)23(3)10-9-21-2;;/h4-8,11-13,21H,9-10,14H2,1-3H3;2*1H. The van der Waals surface area contributed by atoms with Gasteiger partial charge in [0.25, 0.3) is 5.91 Å². The smallest absolute Gasteiger partial charge is 0.253 e. The van der Waals surface area contributed by atoms with Gasteiger partial charge in [-0.05, 0) is 43.8 Å². The fraction of sp³-hybridized carbons (Fsp3) is 0.300. The van der Waals surface area contributed by atoms with Crippen LogP contribution >= 0.6 is 24.8 Å². The Kier molecular flexibility index (Phi) is 9.25. The molecule has 1 N–H and O–H groups in total. The number of likely N-dealkylation sites (N-methyl/N-ethyl adjacent to an activating group) is 2. The van der Waals surface area contributed by atoms with E-state index in [1.165, 1.54) is 5.56 Å². The Hall–Kier alpha value is -2.28. The normalized spacial score (nSPS) is 10.1. The summed E-state index contributed by atoms with van der Waals surface area (Å²) in [5.74, 6) is 0.639. The molecule has 6 nitrogen and oxygen atoms in total. The van der Waals surface area contributed by atoms with Crippen molar-refractivity contribution in [1.82, 2.24) is 19.6 Å². The molecule has 1 amide bonds. The fourth-order valence-electron chi connectivity index (χ4n) is 2.70. The summed E-state index contributed by atoms with van der Waals surface area (Å²) >= 11 is 0. The van der Waals surface area contributed by atoms with Crippen molar-refractivity contribution in [3.05, 3.63) is 65.6 Å². The molecular formula is C20H26Cl2N4O2. The number of imidazole rings is 1. The lowest BCUT2D eigenvalue weighted by Crippen LogP contribution is -2.32. The first-order valence-electron chi connectivity index (χ1n) is 8.64. The van der Waals surface area contributed by atoms with Crippen LogP contribution in [0.2, 0.25) is 0 Å². The molecule has 8 heteroatoms. The number of carbonyl (C=O) groups is 1. The number of aromatic nitrogens is 2. The summed E-state index contributed by atoms with van der Waals surface area (Å²) in [5, 5.41) is 3.04. The number of hydrogen-bond donors (Lipinski definition) is 1. The average molecular weight is 425 g/mol. The van der Waals surface area contributed by atoms with Crippen molar-refractivity contribution in [1.29, 1.82) is 0 Å². The zero-order chi connectivity index (χ0) is 18.5. The molecule has 0 radical (unpaired) electrons. The maximum Gasteiger partial charge on any atom is 0.253 e. The van der Waals surface area contributed by atoms with Gasteiger partial charge in [-0.25, -0.2) is 4.98 Å². The number of nitrogens with one attached hydrogen (secondary N) is 1. The Labute approximate surface area is 177 Å². The van der Waals surface area contributed by atoms with Gasteiger partial charge in [-0.3, -0.25) is 4.79 Å². The lowest BCUT2D eigenvalue weighted by atomic mass is 10.2. The maximum atomic E-state index is 12.5. The summed E-state index contributed by atoms with van der Waals surface area (Å²) in [6.45, 7) is 3.81. The summed E-state index contributed by atoms with van der Waals surface area (Å²) in [7, 11) is 3.67. The van der Waals surface area contributed by atoms with Gasteiger partial charge in [-0.15, -0.1) is 24.8 Å². The van der Waals surface area contributed by atoms with Crippen molar-refractivity contribution in [3.63, 3.8) is 0 Å². The van der Waals surface area contributed by atoms with E-state index >= 15 is 0 Å². The van der Waals surface area contributed by atoms with Gasteiger partial charge < -0.3 is 19.4 Å². The minimum Gasteiger partial charge on any atom is -0.487 e. The van der Waals surface area contributed by atoms with Crippen molar-refractivity contribution in [3.8, 4) is 5.75 Å². The highest BCUT2D eigenvalue weighted by Gasteiger charge is 2.12. The molecule has 2 aromatic heterocycles. The van der Waals surface area contributed by atoms with E-state index in [0.29, 0.717) is 24.5 Å². The van der Waals surface area contributed by atoms with Gasteiger partial charge in [-0.1, -0.05) is 12.1 Å². The highest BCUT2D eigenvalue weighted by molar-refractivity contribution is 5.94. The number of halogens is 2. The van der Waals surface area contributed by atoms with E-state index in [0.717, 1.165) is 17.9 Å². The molecule has 28 heavy (non-hydrogen) atoms. The number of ether oxygens (including phenoxy) is 1. The Morgan fingerprint density at radius 3 is 2.75 bits per heavy atom. The fourth-order valence-corrected chi connectivity index (χ4v) is 2.70. The monoisotopic (exact) mass is 424 g/mol. The SMILES string of the molecule is CNCCN(C)C(=O)c1cccc(OCc2cn3cc(C)ccc3n2)c1.Cl.Cl. The number of benzene rings is 1. The van der Waals surface area contributed by atoms with Crippen molar-refractivity contribution in [2.24, 2.45) is 0 Å². The first-order chi connectivity index (χ1) is 12.6. The van der Waals surface area contributed by atoms with Crippen LogP contribution in [0.25, 0.3) is 5.65 Å². The first-order valence-corrected chi connectivity index (χ1v) is 8.64. The number of rotatable bonds is 7. The summed E-state index contributed by atoms with van der Waals surface area (Å²) in [4.78, 5) is 18.7. The van der Waals surface area contributed by atoms with E-state index in [9.17, 15) is 4.79 Å². The van der Waals surface area contributed by atoms with E-state index < -0.39 is 0 Å². The van der Waals surface area contributed by atoms with Crippen LogP contribution in [0.15, 0.2) is 48.8 Å². The van der Waals surface area contributed by atoms with Crippen molar-refractivity contribution in [2.45, 2.75) is 13.5 Å². The lowest BCUT2D eigenvalue weighted by molar-refractivity contribution is 0.0796. The van der Waals surface area contributed by atoms with Crippen LogP contribution in [0.4, 0.5) is 0 Å². The van der Waals surface area contributed by atoms with Crippen LogP contribution in [0.3, 0.4) is 0 Å². The number of hydrogen-bond acceptors (Lipinski definition) is 4. The molecule has 0 aliphatic rings. The topological polar surface area (TPSA) is 58.9 Å². The van der Waals surface area contributed by atoms with Gasteiger partial charge in [-0.2, -0.15) is 0 Å². The maximum absolute atomic E-state index is 12.5. The molecule has 0 unspecified atom stereocenters. The average Bonchev–Trinajstić information content (AvgIpc) is 3.06. The number of pyridine rings is 1.